The zero-order valence-corrected chi connectivity index (χ0v) is 8.27. The first-order valence-electron chi connectivity index (χ1n) is 4.75. The number of Topliss-reactive ketones (excluding diaryl/α,β-unsaturated/α-hetero) is 1. The van der Waals surface area contributed by atoms with E-state index in [1.165, 1.54) is 0 Å². The van der Waals surface area contributed by atoms with Crippen LogP contribution in [0.2, 0.25) is 0 Å². The highest BCUT2D eigenvalue weighted by Gasteiger charge is 2.04. The van der Waals surface area contributed by atoms with Gasteiger partial charge in [0.25, 0.3) is 0 Å². The molecule has 0 heterocycles. The van der Waals surface area contributed by atoms with Crippen LogP contribution in [0.3, 0.4) is 0 Å². The predicted octanol–water partition coefficient (Wildman–Crippen LogP) is 1.92. The number of nitrogens with one attached hydrogen (secondary N) is 1. The summed E-state index contributed by atoms with van der Waals surface area (Å²) in [4.78, 5) is 21.6. The molecule has 0 aromatic heterocycles. The van der Waals surface area contributed by atoms with Crippen molar-refractivity contribution in [2.45, 2.75) is 12.8 Å². The molecule has 1 rings (SSSR count). The lowest BCUT2D eigenvalue weighted by Crippen LogP contribution is -2.22. The summed E-state index contributed by atoms with van der Waals surface area (Å²) < 4.78 is 0. The SMILES string of the molecule is O=C(O)NCCCC(=O)c1ccccc1. The van der Waals surface area contributed by atoms with Gasteiger partial charge in [-0.2, -0.15) is 0 Å². The van der Waals surface area contributed by atoms with Crippen LogP contribution in [0.25, 0.3) is 0 Å². The Labute approximate surface area is 87.9 Å². The van der Waals surface area contributed by atoms with Crippen LogP contribution in [0.5, 0.6) is 0 Å². The van der Waals surface area contributed by atoms with Gasteiger partial charge in [0.1, 0.15) is 0 Å². The van der Waals surface area contributed by atoms with Crippen LogP contribution in [0.4, 0.5) is 4.79 Å². The molecule has 0 fully saturated rings. The highest BCUT2D eigenvalue weighted by atomic mass is 16.4. The fraction of sp³-hybridized carbons (Fsp3) is 0.273. The molecule has 0 saturated heterocycles. The van der Waals surface area contributed by atoms with Gasteiger partial charge in [-0.15, -0.1) is 0 Å². The molecule has 1 amide bonds. The van der Waals surface area contributed by atoms with Crippen LogP contribution in [0.15, 0.2) is 30.3 Å². The Kier molecular flexibility index (Phi) is 4.34. The lowest BCUT2D eigenvalue weighted by Gasteiger charge is -2.01. The molecular weight excluding hydrogens is 194 g/mol. The first kappa shape index (κ1) is 11.2. The highest BCUT2D eigenvalue weighted by Crippen LogP contribution is 2.04. The summed E-state index contributed by atoms with van der Waals surface area (Å²) in [5.41, 5.74) is 0.674. The molecule has 1 aromatic rings. The summed E-state index contributed by atoms with van der Waals surface area (Å²) in [5, 5.41) is 10.5. The van der Waals surface area contributed by atoms with E-state index < -0.39 is 6.09 Å². The topological polar surface area (TPSA) is 66.4 Å². The van der Waals surface area contributed by atoms with Crippen molar-refractivity contribution in [2.24, 2.45) is 0 Å². The molecule has 4 nitrogen and oxygen atoms in total. The van der Waals surface area contributed by atoms with Crippen molar-refractivity contribution in [1.82, 2.24) is 5.32 Å². The molecule has 4 heteroatoms. The normalized spacial score (nSPS) is 9.60. The van der Waals surface area contributed by atoms with Crippen molar-refractivity contribution in [3.63, 3.8) is 0 Å². The number of benzene rings is 1. The van der Waals surface area contributed by atoms with Gasteiger partial charge in [-0.25, -0.2) is 4.79 Å². The summed E-state index contributed by atoms with van der Waals surface area (Å²) >= 11 is 0. The predicted molar refractivity (Wildman–Crippen MR) is 56.0 cm³/mol. The van der Waals surface area contributed by atoms with Crippen LogP contribution in [0, 0.1) is 0 Å². The third-order valence-electron chi connectivity index (χ3n) is 1.95. The Hall–Kier alpha value is -1.84. The molecule has 0 aliphatic heterocycles. The van der Waals surface area contributed by atoms with Gasteiger partial charge in [0.2, 0.25) is 0 Å². The van der Waals surface area contributed by atoms with Gasteiger partial charge in [-0.3, -0.25) is 4.79 Å². The second kappa shape index (κ2) is 5.80. The molecule has 0 saturated carbocycles. The van der Waals surface area contributed by atoms with Gasteiger partial charge in [-0.1, -0.05) is 30.3 Å². The molecule has 80 valence electrons. The van der Waals surface area contributed by atoms with Crippen molar-refractivity contribution >= 4 is 11.9 Å². The summed E-state index contributed by atoms with van der Waals surface area (Å²) in [7, 11) is 0. The molecule has 2 N–H and O–H groups in total. The van der Waals surface area contributed by atoms with E-state index in [-0.39, 0.29) is 5.78 Å². The number of hydrogen-bond donors (Lipinski definition) is 2. The van der Waals surface area contributed by atoms with Gasteiger partial charge in [-0.05, 0) is 6.42 Å². The number of carbonyl (C=O) groups excluding carboxylic acids is 1. The monoisotopic (exact) mass is 207 g/mol. The molecule has 0 radical (unpaired) electrons. The van der Waals surface area contributed by atoms with E-state index in [0.29, 0.717) is 24.9 Å². The Balaban J connectivity index is 2.28. The fourth-order valence-corrected chi connectivity index (χ4v) is 1.21. The molecule has 0 aliphatic carbocycles. The third kappa shape index (κ3) is 4.26. The number of amides is 1. The average Bonchev–Trinajstić information content (AvgIpc) is 2.25. The smallest absolute Gasteiger partial charge is 0.404 e. The maximum Gasteiger partial charge on any atom is 0.404 e. The largest absolute Gasteiger partial charge is 0.465 e. The maximum absolute atomic E-state index is 11.5. The van der Waals surface area contributed by atoms with E-state index >= 15 is 0 Å². The first-order chi connectivity index (χ1) is 7.20. The third-order valence-corrected chi connectivity index (χ3v) is 1.95. The van der Waals surface area contributed by atoms with Gasteiger partial charge < -0.3 is 10.4 Å². The number of hydrogen-bond acceptors (Lipinski definition) is 2. The van der Waals surface area contributed by atoms with E-state index in [9.17, 15) is 9.59 Å². The van der Waals surface area contributed by atoms with E-state index in [2.05, 4.69) is 5.32 Å². The Morgan fingerprint density at radius 1 is 1.20 bits per heavy atom. The van der Waals surface area contributed by atoms with Crippen molar-refractivity contribution in [2.75, 3.05) is 6.54 Å². The van der Waals surface area contributed by atoms with E-state index in [4.69, 9.17) is 5.11 Å². The standard InChI is InChI=1S/C11H13NO3/c13-10(7-4-8-12-11(14)15)9-5-2-1-3-6-9/h1-3,5-6,12H,4,7-8H2,(H,14,15). The highest BCUT2D eigenvalue weighted by molar-refractivity contribution is 5.95. The van der Waals surface area contributed by atoms with Gasteiger partial charge >= 0.3 is 6.09 Å². The van der Waals surface area contributed by atoms with Gasteiger partial charge in [0, 0.05) is 18.5 Å². The Morgan fingerprint density at radius 2 is 1.87 bits per heavy atom. The fourth-order valence-electron chi connectivity index (χ4n) is 1.21. The van der Waals surface area contributed by atoms with Gasteiger partial charge in [0.15, 0.2) is 5.78 Å². The molecule has 0 unspecified atom stereocenters. The summed E-state index contributed by atoms with van der Waals surface area (Å²) in [5.74, 6) is 0.0442. The van der Waals surface area contributed by atoms with Crippen LogP contribution in [-0.4, -0.2) is 23.5 Å². The van der Waals surface area contributed by atoms with Crippen LogP contribution in [0.1, 0.15) is 23.2 Å². The Bertz CT molecular complexity index is 335. The lowest BCUT2D eigenvalue weighted by atomic mass is 10.1. The molecule has 0 bridgehead atoms. The van der Waals surface area contributed by atoms with E-state index in [1.54, 1.807) is 12.1 Å². The molecule has 0 aliphatic rings. The number of carboxylic acid groups (broad SMARTS) is 1. The first-order valence-corrected chi connectivity index (χ1v) is 4.75. The molecule has 0 atom stereocenters. The molecule has 15 heavy (non-hydrogen) atoms. The number of carbonyl (C=O) groups is 2. The number of ketones is 1. The minimum Gasteiger partial charge on any atom is -0.465 e. The summed E-state index contributed by atoms with van der Waals surface area (Å²) in [6.45, 7) is 0.313. The van der Waals surface area contributed by atoms with Crippen molar-refractivity contribution in [3.8, 4) is 0 Å². The lowest BCUT2D eigenvalue weighted by molar-refractivity contribution is 0.0979. The van der Waals surface area contributed by atoms with Crippen molar-refractivity contribution in [3.05, 3.63) is 35.9 Å². The molecule has 0 spiro atoms. The quantitative estimate of drug-likeness (QED) is 0.572. The van der Waals surface area contributed by atoms with Crippen LogP contribution in [-0.2, 0) is 0 Å². The molecule has 1 aromatic carbocycles. The minimum absolute atomic E-state index is 0.0442. The second-order valence-corrected chi connectivity index (χ2v) is 3.12. The Morgan fingerprint density at radius 3 is 2.47 bits per heavy atom. The van der Waals surface area contributed by atoms with Crippen LogP contribution < -0.4 is 5.32 Å². The summed E-state index contributed by atoms with van der Waals surface area (Å²) in [6.07, 6.45) is -0.160. The summed E-state index contributed by atoms with van der Waals surface area (Å²) in [6, 6.07) is 8.98. The average molecular weight is 207 g/mol. The van der Waals surface area contributed by atoms with Crippen molar-refractivity contribution in [1.29, 1.82) is 0 Å². The van der Waals surface area contributed by atoms with E-state index in [1.807, 2.05) is 18.2 Å². The van der Waals surface area contributed by atoms with E-state index in [0.717, 1.165) is 0 Å². The second-order valence-electron chi connectivity index (χ2n) is 3.12. The molecular formula is C11H13NO3. The number of rotatable bonds is 5. The van der Waals surface area contributed by atoms with Gasteiger partial charge in [0.05, 0.1) is 0 Å². The van der Waals surface area contributed by atoms with Crippen LogP contribution >= 0.6 is 0 Å². The zero-order chi connectivity index (χ0) is 11.1. The van der Waals surface area contributed by atoms with Crippen molar-refractivity contribution < 1.29 is 14.7 Å². The maximum atomic E-state index is 11.5. The minimum atomic E-state index is -1.05. The zero-order valence-electron chi connectivity index (χ0n) is 8.27.